The van der Waals surface area contributed by atoms with E-state index in [1.54, 1.807) is 23.0 Å². The van der Waals surface area contributed by atoms with Gasteiger partial charge in [0.05, 0.1) is 18.4 Å². The molecule has 0 aliphatic carbocycles. The summed E-state index contributed by atoms with van der Waals surface area (Å²) in [5, 5.41) is 9.56. The summed E-state index contributed by atoms with van der Waals surface area (Å²) in [6.45, 7) is 8.91. The van der Waals surface area contributed by atoms with Gasteiger partial charge in [-0.1, -0.05) is 37.6 Å². The van der Waals surface area contributed by atoms with E-state index < -0.39 is 18.5 Å². The Labute approximate surface area is 198 Å². The Morgan fingerprint density at radius 2 is 1.76 bits per heavy atom. The van der Waals surface area contributed by atoms with Crippen molar-refractivity contribution in [3.8, 4) is 5.82 Å². The minimum Gasteiger partial charge on any atom is -0.452 e. The number of benzene rings is 1. The summed E-state index contributed by atoms with van der Waals surface area (Å²) in [4.78, 5) is 41.3. The Hall–Kier alpha value is -4.01. The molecule has 0 atom stereocenters. The van der Waals surface area contributed by atoms with Crippen LogP contribution >= 0.6 is 0 Å². The average molecular weight is 464 g/mol. The molecule has 0 saturated heterocycles. The van der Waals surface area contributed by atoms with Crippen molar-refractivity contribution in [1.29, 1.82) is 0 Å². The fourth-order valence-electron chi connectivity index (χ4n) is 3.73. The Morgan fingerprint density at radius 3 is 2.38 bits per heavy atom. The molecule has 9 nitrogen and oxygen atoms in total. The zero-order valence-electron chi connectivity index (χ0n) is 20.0. The van der Waals surface area contributed by atoms with E-state index in [-0.39, 0.29) is 23.9 Å². The fraction of sp³-hybridized carbons (Fsp3) is 0.320. The van der Waals surface area contributed by atoms with Crippen LogP contribution in [-0.4, -0.2) is 45.7 Å². The first-order chi connectivity index (χ1) is 16.2. The van der Waals surface area contributed by atoms with Crippen LogP contribution in [0.5, 0.6) is 0 Å². The van der Waals surface area contributed by atoms with Crippen molar-refractivity contribution in [2.45, 2.75) is 40.5 Å². The second kappa shape index (κ2) is 10.7. The Morgan fingerprint density at radius 1 is 1.06 bits per heavy atom. The summed E-state index contributed by atoms with van der Waals surface area (Å²) in [5.41, 5.74) is 4.61. The summed E-state index contributed by atoms with van der Waals surface area (Å²) in [6, 6.07) is 9.35. The quantitative estimate of drug-likeness (QED) is 0.496. The lowest BCUT2D eigenvalue weighted by molar-refractivity contribution is -0.126. The van der Waals surface area contributed by atoms with Crippen molar-refractivity contribution >= 4 is 23.5 Å². The van der Waals surface area contributed by atoms with Gasteiger partial charge < -0.3 is 15.4 Å². The smallest absolute Gasteiger partial charge is 0.342 e. The number of ether oxygens (including phenoxy) is 1. The van der Waals surface area contributed by atoms with E-state index in [0.717, 1.165) is 22.4 Å². The van der Waals surface area contributed by atoms with Crippen molar-refractivity contribution in [2.75, 3.05) is 18.5 Å². The lowest BCUT2D eigenvalue weighted by Crippen LogP contribution is -2.35. The average Bonchev–Trinajstić information content (AvgIpc) is 3.25. The number of aromatic nitrogens is 3. The van der Waals surface area contributed by atoms with Crippen LogP contribution in [0.3, 0.4) is 0 Å². The van der Waals surface area contributed by atoms with E-state index in [1.165, 1.54) is 6.20 Å². The van der Waals surface area contributed by atoms with Gasteiger partial charge in [0.25, 0.3) is 5.91 Å². The highest BCUT2D eigenvalue weighted by Crippen LogP contribution is 2.23. The zero-order valence-corrected chi connectivity index (χ0v) is 20.0. The first-order valence-corrected chi connectivity index (χ1v) is 11.0. The minimum absolute atomic E-state index is 0.0433. The monoisotopic (exact) mass is 463 g/mol. The van der Waals surface area contributed by atoms with E-state index >= 15 is 0 Å². The standard InChI is InChI=1S/C25H29N5O4/c1-15(2)24-19(12-28-30(24)20-8-6-7-9-26-20)25(33)34-14-22(32)27-13-21(31)29-23-17(4)10-16(3)11-18(23)5/h6-12,15H,13-14H2,1-5H3,(H,27,32)(H,29,31). The SMILES string of the molecule is Cc1cc(C)c(NC(=O)CNC(=O)COC(=O)c2cnn(-c3ccccn3)c2C(C)C)c(C)c1. The first kappa shape index (κ1) is 24.6. The third kappa shape index (κ3) is 5.86. The lowest BCUT2D eigenvalue weighted by Gasteiger charge is -2.13. The van der Waals surface area contributed by atoms with Gasteiger partial charge in [0.1, 0.15) is 5.56 Å². The molecule has 0 bridgehead atoms. The molecule has 0 spiro atoms. The van der Waals surface area contributed by atoms with Crippen LogP contribution in [0.15, 0.2) is 42.7 Å². The number of hydrogen-bond donors (Lipinski definition) is 2. The van der Waals surface area contributed by atoms with Crippen molar-refractivity contribution in [2.24, 2.45) is 0 Å². The maximum atomic E-state index is 12.6. The molecule has 34 heavy (non-hydrogen) atoms. The molecule has 3 rings (SSSR count). The van der Waals surface area contributed by atoms with Crippen molar-refractivity contribution in [3.63, 3.8) is 0 Å². The molecule has 0 aliphatic heterocycles. The molecule has 0 saturated carbocycles. The summed E-state index contributed by atoms with van der Waals surface area (Å²) >= 11 is 0. The number of aryl methyl sites for hydroxylation is 3. The molecule has 0 fully saturated rings. The largest absolute Gasteiger partial charge is 0.452 e. The van der Waals surface area contributed by atoms with Crippen LogP contribution in [0.2, 0.25) is 0 Å². The van der Waals surface area contributed by atoms with E-state index in [9.17, 15) is 14.4 Å². The van der Waals surface area contributed by atoms with Gasteiger partial charge in [0.15, 0.2) is 12.4 Å². The molecule has 2 aromatic heterocycles. The van der Waals surface area contributed by atoms with Gasteiger partial charge in [-0.2, -0.15) is 5.10 Å². The third-order valence-corrected chi connectivity index (χ3v) is 5.16. The molecule has 1 aromatic carbocycles. The maximum absolute atomic E-state index is 12.6. The highest BCUT2D eigenvalue weighted by molar-refractivity contribution is 5.96. The number of esters is 1. The predicted molar refractivity (Wildman–Crippen MR) is 128 cm³/mol. The molecular formula is C25H29N5O4. The third-order valence-electron chi connectivity index (χ3n) is 5.16. The summed E-state index contributed by atoms with van der Waals surface area (Å²) < 4.78 is 6.76. The first-order valence-electron chi connectivity index (χ1n) is 11.0. The molecule has 0 radical (unpaired) electrons. The van der Waals surface area contributed by atoms with Crippen molar-refractivity contribution in [3.05, 3.63) is 70.7 Å². The van der Waals surface area contributed by atoms with Crippen LogP contribution < -0.4 is 10.6 Å². The molecule has 2 amide bonds. The minimum atomic E-state index is -0.670. The van der Waals surface area contributed by atoms with Crippen LogP contribution in [0.25, 0.3) is 5.82 Å². The van der Waals surface area contributed by atoms with Gasteiger partial charge in [-0.25, -0.2) is 14.5 Å². The van der Waals surface area contributed by atoms with Crippen LogP contribution in [0.1, 0.15) is 52.5 Å². The molecule has 9 heteroatoms. The van der Waals surface area contributed by atoms with Crippen LogP contribution in [0.4, 0.5) is 5.69 Å². The second-order valence-electron chi connectivity index (χ2n) is 8.37. The lowest BCUT2D eigenvalue weighted by atomic mass is 10.1. The van der Waals surface area contributed by atoms with Crippen molar-refractivity contribution in [1.82, 2.24) is 20.1 Å². The second-order valence-corrected chi connectivity index (χ2v) is 8.37. The Bertz CT molecular complexity index is 1180. The number of nitrogens with one attached hydrogen (secondary N) is 2. The topological polar surface area (TPSA) is 115 Å². The van der Waals surface area contributed by atoms with E-state index in [1.807, 2.05) is 52.8 Å². The summed E-state index contributed by atoms with van der Waals surface area (Å²) in [5.74, 6) is -1.08. The maximum Gasteiger partial charge on any atom is 0.342 e. The number of hydrogen-bond acceptors (Lipinski definition) is 6. The zero-order chi connectivity index (χ0) is 24.8. The highest BCUT2D eigenvalue weighted by atomic mass is 16.5. The molecular weight excluding hydrogens is 434 g/mol. The van der Waals surface area contributed by atoms with Gasteiger partial charge >= 0.3 is 5.97 Å². The molecule has 3 aromatic rings. The molecule has 178 valence electrons. The van der Waals surface area contributed by atoms with Gasteiger partial charge in [-0.3, -0.25) is 9.59 Å². The number of amides is 2. The number of rotatable bonds is 8. The Kier molecular flexibility index (Phi) is 7.78. The van der Waals surface area contributed by atoms with Crippen molar-refractivity contribution < 1.29 is 19.1 Å². The fourth-order valence-corrected chi connectivity index (χ4v) is 3.73. The van der Waals surface area contributed by atoms with Gasteiger partial charge in [0.2, 0.25) is 5.91 Å². The number of anilines is 1. The van der Waals surface area contributed by atoms with Crippen LogP contribution in [-0.2, 0) is 14.3 Å². The van der Waals surface area contributed by atoms with Gasteiger partial charge in [-0.05, 0) is 49.9 Å². The van der Waals surface area contributed by atoms with Crippen LogP contribution in [0, 0.1) is 20.8 Å². The number of pyridine rings is 1. The summed E-state index contributed by atoms with van der Waals surface area (Å²) in [6.07, 6.45) is 3.05. The normalized spacial score (nSPS) is 10.8. The molecule has 2 heterocycles. The van der Waals surface area contributed by atoms with E-state index in [4.69, 9.17) is 4.74 Å². The van der Waals surface area contributed by atoms with Gasteiger partial charge in [-0.15, -0.1) is 0 Å². The highest BCUT2D eigenvalue weighted by Gasteiger charge is 2.23. The van der Waals surface area contributed by atoms with Gasteiger partial charge in [0, 0.05) is 11.9 Å². The number of carbonyl (C=O) groups is 3. The molecule has 0 aliphatic rings. The number of nitrogens with zero attached hydrogens (tertiary/aromatic N) is 3. The molecule has 0 unspecified atom stereocenters. The summed E-state index contributed by atoms with van der Waals surface area (Å²) in [7, 11) is 0. The number of carbonyl (C=O) groups excluding carboxylic acids is 3. The van der Waals surface area contributed by atoms with E-state index in [0.29, 0.717) is 11.5 Å². The Balaban J connectivity index is 1.56. The predicted octanol–water partition coefficient (Wildman–Crippen LogP) is 3.23. The molecule has 2 N–H and O–H groups in total. The van der Waals surface area contributed by atoms with E-state index in [2.05, 4.69) is 20.7 Å².